The van der Waals surface area contributed by atoms with Gasteiger partial charge in [-0.25, -0.2) is 0 Å². The first kappa shape index (κ1) is 26.7. The maximum absolute atomic E-state index is 11.9. The Morgan fingerprint density at radius 3 is 2.56 bits per heavy atom. The SMILES string of the molecule is CCCCc1cc(OC2CCN(CCC3CCN(C(=O)CC)CC3)CC2)c2ncccc2c1.Cl. The van der Waals surface area contributed by atoms with Crippen molar-refractivity contribution in [3.8, 4) is 5.75 Å². The van der Waals surface area contributed by atoms with Crippen LogP contribution in [0.1, 0.15) is 70.8 Å². The van der Waals surface area contributed by atoms with Gasteiger partial charge in [-0.1, -0.05) is 26.3 Å². The Morgan fingerprint density at radius 2 is 1.85 bits per heavy atom. The molecule has 5 nitrogen and oxygen atoms in total. The molecule has 0 spiro atoms. The monoisotopic (exact) mass is 487 g/mol. The lowest BCUT2D eigenvalue weighted by atomic mass is 9.93. The van der Waals surface area contributed by atoms with Crippen molar-refractivity contribution >= 4 is 29.2 Å². The molecule has 188 valence electrons. The lowest BCUT2D eigenvalue weighted by molar-refractivity contribution is -0.132. The lowest BCUT2D eigenvalue weighted by Gasteiger charge is -2.35. The van der Waals surface area contributed by atoms with Crippen molar-refractivity contribution in [2.24, 2.45) is 5.92 Å². The third-order valence-electron chi connectivity index (χ3n) is 7.50. The summed E-state index contributed by atoms with van der Waals surface area (Å²) in [6.45, 7) is 9.50. The highest BCUT2D eigenvalue weighted by Crippen LogP contribution is 2.30. The molecule has 1 aromatic carbocycles. The minimum Gasteiger partial charge on any atom is -0.488 e. The number of aromatic nitrogens is 1. The first-order valence-corrected chi connectivity index (χ1v) is 13.2. The van der Waals surface area contributed by atoms with E-state index >= 15 is 0 Å². The van der Waals surface area contributed by atoms with Crippen LogP contribution in [0.3, 0.4) is 0 Å². The van der Waals surface area contributed by atoms with Gasteiger partial charge in [-0.05, 0) is 81.2 Å². The topological polar surface area (TPSA) is 45.7 Å². The fourth-order valence-electron chi connectivity index (χ4n) is 5.32. The van der Waals surface area contributed by atoms with Gasteiger partial charge in [0.25, 0.3) is 0 Å². The summed E-state index contributed by atoms with van der Waals surface area (Å²) < 4.78 is 6.55. The number of likely N-dealkylation sites (tertiary alicyclic amines) is 2. The molecule has 1 amide bonds. The molecule has 0 aliphatic carbocycles. The van der Waals surface area contributed by atoms with Gasteiger partial charge in [-0.2, -0.15) is 0 Å². The molecule has 1 aromatic heterocycles. The molecule has 0 unspecified atom stereocenters. The van der Waals surface area contributed by atoms with Gasteiger partial charge >= 0.3 is 0 Å². The zero-order chi connectivity index (χ0) is 23.0. The minimum absolute atomic E-state index is 0. The number of hydrogen-bond donors (Lipinski definition) is 0. The van der Waals surface area contributed by atoms with Crippen LogP contribution in [-0.2, 0) is 11.2 Å². The van der Waals surface area contributed by atoms with E-state index < -0.39 is 0 Å². The smallest absolute Gasteiger partial charge is 0.222 e. The molecule has 0 N–H and O–H groups in total. The van der Waals surface area contributed by atoms with E-state index in [0.29, 0.717) is 12.3 Å². The molecule has 4 rings (SSSR count). The largest absolute Gasteiger partial charge is 0.488 e. The number of carbonyl (C=O) groups is 1. The van der Waals surface area contributed by atoms with Gasteiger partial charge in [0.15, 0.2) is 0 Å². The summed E-state index contributed by atoms with van der Waals surface area (Å²) in [5, 5.41) is 1.19. The Hall–Kier alpha value is -1.85. The summed E-state index contributed by atoms with van der Waals surface area (Å²) >= 11 is 0. The van der Waals surface area contributed by atoms with Crippen LogP contribution in [0.2, 0.25) is 0 Å². The Bertz CT molecular complexity index is 906. The van der Waals surface area contributed by atoms with Gasteiger partial charge < -0.3 is 14.5 Å². The van der Waals surface area contributed by atoms with Crippen LogP contribution in [0.15, 0.2) is 30.5 Å². The van der Waals surface area contributed by atoms with E-state index in [-0.39, 0.29) is 18.5 Å². The van der Waals surface area contributed by atoms with Crippen molar-refractivity contribution in [3.05, 3.63) is 36.0 Å². The predicted molar refractivity (Wildman–Crippen MR) is 142 cm³/mol. The summed E-state index contributed by atoms with van der Waals surface area (Å²) in [4.78, 5) is 21.2. The number of hydrogen-bond acceptors (Lipinski definition) is 4. The second kappa shape index (κ2) is 13.3. The number of fused-ring (bicyclic) bond motifs is 1. The van der Waals surface area contributed by atoms with Crippen LogP contribution >= 0.6 is 12.4 Å². The molecule has 2 aliphatic rings. The fraction of sp³-hybridized carbons (Fsp3) is 0.643. The van der Waals surface area contributed by atoms with Gasteiger partial charge in [0.1, 0.15) is 17.4 Å². The quantitative estimate of drug-likeness (QED) is 0.443. The van der Waals surface area contributed by atoms with E-state index in [4.69, 9.17) is 4.74 Å². The van der Waals surface area contributed by atoms with Crippen LogP contribution in [0.5, 0.6) is 5.75 Å². The van der Waals surface area contributed by atoms with Crippen LogP contribution in [0.4, 0.5) is 0 Å². The molecule has 0 saturated carbocycles. The number of pyridine rings is 1. The van der Waals surface area contributed by atoms with Crippen LogP contribution in [0.25, 0.3) is 10.9 Å². The maximum Gasteiger partial charge on any atom is 0.222 e. The maximum atomic E-state index is 11.9. The number of unbranched alkanes of at least 4 members (excludes halogenated alkanes) is 1. The highest BCUT2D eigenvalue weighted by molar-refractivity contribution is 5.85. The zero-order valence-electron chi connectivity index (χ0n) is 21.0. The van der Waals surface area contributed by atoms with E-state index in [2.05, 4.69) is 39.9 Å². The van der Waals surface area contributed by atoms with Gasteiger partial charge in [0.2, 0.25) is 5.91 Å². The van der Waals surface area contributed by atoms with Crippen LogP contribution in [-0.4, -0.2) is 59.5 Å². The number of benzene rings is 1. The first-order chi connectivity index (χ1) is 16.2. The number of rotatable bonds is 9. The standard InChI is InChI=1S/C28H41N3O2.ClH/c1-3-5-7-23-20-24-8-6-14-29-28(24)26(21-23)33-25-12-16-30(17-13-25)15-9-22-10-18-31(19-11-22)27(32)4-2;/h6,8,14,20-22,25H,3-5,7,9-13,15-19H2,1-2H3;1H. The zero-order valence-corrected chi connectivity index (χ0v) is 21.8. The van der Waals surface area contributed by atoms with Crippen molar-refractivity contribution in [1.82, 2.24) is 14.8 Å². The Morgan fingerprint density at radius 1 is 1.09 bits per heavy atom. The molecular formula is C28H42ClN3O2. The summed E-state index contributed by atoms with van der Waals surface area (Å²) in [5.41, 5.74) is 2.35. The summed E-state index contributed by atoms with van der Waals surface area (Å²) in [5.74, 6) is 2.05. The summed E-state index contributed by atoms with van der Waals surface area (Å²) in [7, 11) is 0. The molecule has 0 bridgehead atoms. The van der Waals surface area contributed by atoms with Gasteiger partial charge in [0, 0.05) is 44.2 Å². The normalized spacial score (nSPS) is 18.1. The molecule has 0 atom stereocenters. The Kier molecular flexibility index (Phi) is 10.5. The third kappa shape index (κ3) is 7.08. The summed E-state index contributed by atoms with van der Waals surface area (Å²) in [6.07, 6.45) is 12.0. The number of piperidine rings is 2. The predicted octanol–water partition coefficient (Wildman–Crippen LogP) is 5.88. The number of amides is 1. The molecule has 2 fully saturated rings. The van der Waals surface area contributed by atoms with Crippen molar-refractivity contribution in [1.29, 1.82) is 0 Å². The van der Waals surface area contributed by atoms with Crippen LogP contribution < -0.4 is 4.74 Å². The number of halogens is 1. The molecule has 34 heavy (non-hydrogen) atoms. The molecule has 6 heteroatoms. The van der Waals surface area contributed by atoms with Crippen molar-refractivity contribution in [2.45, 2.75) is 77.7 Å². The molecule has 2 aromatic rings. The third-order valence-corrected chi connectivity index (χ3v) is 7.50. The van der Waals surface area contributed by atoms with E-state index in [0.717, 1.165) is 62.6 Å². The highest BCUT2D eigenvalue weighted by atomic mass is 35.5. The molecule has 2 saturated heterocycles. The van der Waals surface area contributed by atoms with E-state index in [1.807, 2.05) is 19.2 Å². The number of aryl methyl sites for hydroxylation is 1. The second-order valence-electron chi connectivity index (χ2n) is 9.90. The molecule has 2 aliphatic heterocycles. The Labute approximate surface area is 211 Å². The number of nitrogens with zero attached hydrogens (tertiary/aromatic N) is 3. The lowest BCUT2D eigenvalue weighted by Crippen LogP contribution is -2.41. The highest BCUT2D eigenvalue weighted by Gasteiger charge is 2.25. The molecule has 0 radical (unpaired) electrons. The summed E-state index contributed by atoms with van der Waals surface area (Å²) in [6, 6.07) is 8.67. The van der Waals surface area contributed by atoms with E-state index in [1.54, 1.807) is 0 Å². The van der Waals surface area contributed by atoms with E-state index in [9.17, 15) is 4.79 Å². The molecule has 3 heterocycles. The van der Waals surface area contributed by atoms with Gasteiger partial charge in [-0.3, -0.25) is 9.78 Å². The van der Waals surface area contributed by atoms with Gasteiger partial charge in [0.05, 0.1) is 0 Å². The van der Waals surface area contributed by atoms with E-state index in [1.165, 1.54) is 49.6 Å². The average molecular weight is 488 g/mol. The number of carbonyl (C=O) groups excluding carboxylic acids is 1. The Balaban J connectivity index is 0.00000324. The number of ether oxygens (including phenoxy) is 1. The van der Waals surface area contributed by atoms with Gasteiger partial charge in [-0.15, -0.1) is 12.4 Å². The minimum atomic E-state index is 0. The molecular weight excluding hydrogens is 446 g/mol. The second-order valence-corrected chi connectivity index (χ2v) is 9.90. The average Bonchev–Trinajstić information content (AvgIpc) is 2.87. The first-order valence-electron chi connectivity index (χ1n) is 13.2. The fourth-order valence-corrected chi connectivity index (χ4v) is 5.32. The van der Waals surface area contributed by atoms with Crippen LogP contribution in [0, 0.1) is 5.92 Å². The van der Waals surface area contributed by atoms with Crippen molar-refractivity contribution in [3.63, 3.8) is 0 Å². The van der Waals surface area contributed by atoms with Crippen molar-refractivity contribution in [2.75, 3.05) is 32.7 Å². The van der Waals surface area contributed by atoms with Crippen molar-refractivity contribution < 1.29 is 9.53 Å².